The average Bonchev–Trinajstić information content (AvgIpc) is 2.81. The Bertz CT molecular complexity index is 163. The van der Waals surface area contributed by atoms with Crippen molar-refractivity contribution in [2.45, 2.75) is 32.0 Å². The minimum absolute atomic E-state index is 0.301. The minimum Gasteiger partial charge on any atom is -0.462 e. The lowest BCUT2D eigenvalue weighted by Gasteiger charge is -2.21. The third-order valence-electron chi connectivity index (χ3n) is 1.92. The number of hydrogen-bond donors (Lipinski definition) is 0. The van der Waals surface area contributed by atoms with Gasteiger partial charge in [-0.2, -0.15) is 0 Å². The number of carbonyl (C=O) groups is 1. The number of rotatable bonds is 7. The summed E-state index contributed by atoms with van der Waals surface area (Å²) in [4.78, 5) is 10.1. The number of hydrogen-bond acceptors (Lipinski definition) is 4. The summed E-state index contributed by atoms with van der Waals surface area (Å²) in [6.45, 7) is 6.26. The third-order valence-corrected chi connectivity index (χ3v) is 1.92. The monoisotopic (exact) mass is 188 g/mol. The molecule has 0 radical (unpaired) electrons. The molecule has 0 bridgehead atoms. The molecule has 1 heterocycles. The minimum atomic E-state index is -0.424. The van der Waals surface area contributed by atoms with E-state index in [9.17, 15) is 4.79 Å². The van der Waals surface area contributed by atoms with Gasteiger partial charge in [0.25, 0.3) is 6.47 Å². The first-order chi connectivity index (χ1) is 6.14. The summed E-state index contributed by atoms with van der Waals surface area (Å²) < 4.78 is 15.2. The zero-order chi connectivity index (χ0) is 9.73. The van der Waals surface area contributed by atoms with Crippen LogP contribution in [-0.2, 0) is 19.0 Å². The van der Waals surface area contributed by atoms with E-state index in [0.29, 0.717) is 32.2 Å². The highest BCUT2D eigenvalue weighted by Gasteiger charge is 2.23. The molecule has 0 spiro atoms. The normalized spacial score (nSPS) is 21.2. The second kappa shape index (κ2) is 4.58. The van der Waals surface area contributed by atoms with Crippen LogP contribution in [0.15, 0.2) is 0 Å². The molecule has 0 amide bonds. The molecule has 1 aliphatic heterocycles. The predicted octanol–water partition coefficient (Wildman–Crippen LogP) is 0.744. The standard InChI is InChI=1S/C9H16O4/c1-9(2,13-7-10)3-4-11-5-8-6-12-8/h7-8H,3-6H2,1-2H3. The van der Waals surface area contributed by atoms with Crippen LogP contribution in [0.4, 0.5) is 0 Å². The van der Waals surface area contributed by atoms with Crippen molar-refractivity contribution in [3.05, 3.63) is 0 Å². The molecule has 1 aliphatic rings. The zero-order valence-electron chi connectivity index (χ0n) is 8.12. The van der Waals surface area contributed by atoms with Gasteiger partial charge in [0, 0.05) is 6.42 Å². The smallest absolute Gasteiger partial charge is 0.293 e. The van der Waals surface area contributed by atoms with Crippen molar-refractivity contribution >= 4 is 6.47 Å². The van der Waals surface area contributed by atoms with Crippen LogP contribution < -0.4 is 0 Å². The van der Waals surface area contributed by atoms with Crippen LogP contribution in [0.25, 0.3) is 0 Å². The quantitative estimate of drug-likeness (QED) is 0.336. The molecule has 0 aromatic heterocycles. The maximum atomic E-state index is 10.1. The van der Waals surface area contributed by atoms with E-state index in [-0.39, 0.29) is 0 Å². The van der Waals surface area contributed by atoms with E-state index >= 15 is 0 Å². The zero-order valence-corrected chi connectivity index (χ0v) is 8.12. The van der Waals surface area contributed by atoms with E-state index in [2.05, 4.69) is 0 Å². The third kappa shape index (κ3) is 4.85. The van der Waals surface area contributed by atoms with Crippen LogP contribution in [0, 0.1) is 0 Å². The van der Waals surface area contributed by atoms with Gasteiger partial charge < -0.3 is 14.2 Å². The van der Waals surface area contributed by atoms with Gasteiger partial charge in [-0.1, -0.05) is 0 Å². The molecule has 0 aromatic rings. The van der Waals surface area contributed by atoms with Gasteiger partial charge in [0.05, 0.1) is 19.8 Å². The number of epoxide rings is 1. The van der Waals surface area contributed by atoms with Crippen molar-refractivity contribution in [1.82, 2.24) is 0 Å². The molecule has 1 saturated heterocycles. The van der Waals surface area contributed by atoms with Crippen molar-refractivity contribution in [2.24, 2.45) is 0 Å². The molecule has 1 fully saturated rings. The number of carbonyl (C=O) groups excluding carboxylic acids is 1. The summed E-state index contributed by atoms with van der Waals surface area (Å²) in [7, 11) is 0. The second-order valence-corrected chi connectivity index (χ2v) is 3.75. The van der Waals surface area contributed by atoms with E-state index in [1.165, 1.54) is 0 Å². The Balaban J connectivity index is 1.98. The Kier molecular flexibility index (Phi) is 3.69. The number of ether oxygens (including phenoxy) is 3. The summed E-state index contributed by atoms with van der Waals surface area (Å²) >= 11 is 0. The maximum absolute atomic E-state index is 10.1. The lowest BCUT2D eigenvalue weighted by molar-refractivity contribution is -0.141. The average molecular weight is 188 g/mol. The van der Waals surface area contributed by atoms with Crippen molar-refractivity contribution < 1.29 is 19.0 Å². The van der Waals surface area contributed by atoms with E-state index in [1.807, 2.05) is 13.8 Å². The van der Waals surface area contributed by atoms with Gasteiger partial charge in [0.1, 0.15) is 11.7 Å². The molecule has 4 heteroatoms. The molecule has 76 valence electrons. The Morgan fingerprint density at radius 1 is 1.62 bits per heavy atom. The van der Waals surface area contributed by atoms with Crippen LogP contribution in [-0.4, -0.2) is 38.0 Å². The van der Waals surface area contributed by atoms with Gasteiger partial charge in [0.15, 0.2) is 0 Å². The van der Waals surface area contributed by atoms with Crippen LogP contribution in [0.1, 0.15) is 20.3 Å². The SMILES string of the molecule is CC(C)(CCOCC1CO1)OC=O. The van der Waals surface area contributed by atoms with Gasteiger partial charge in [-0.15, -0.1) is 0 Å². The Morgan fingerprint density at radius 2 is 2.31 bits per heavy atom. The van der Waals surface area contributed by atoms with Crippen LogP contribution in [0.3, 0.4) is 0 Å². The topological polar surface area (TPSA) is 48.1 Å². The van der Waals surface area contributed by atoms with Gasteiger partial charge in [-0.3, -0.25) is 4.79 Å². The second-order valence-electron chi connectivity index (χ2n) is 3.75. The fourth-order valence-electron chi connectivity index (χ4n) is 0.886. The molecular weight excluding hydrogens is 172 g/mol. The van der Waals surface area contributed by atoms with Crippen molar-refractivity contribution in [2.75, 3.05) is 19.8 Å². The van der Waals surface area contributed by atoms with Gasteiger partial charge in [0.2, 0.25) is 0 Å². The molecular formula is C9H16O4. The highest BCUT2D eigenvalue weighted by molar-refractivity contribution is 5.38. The molecule has 1 rings (SSSR count). The molecule has 4 nitrogen and oxygen atoms in total. The van der Waals surface area contributed by atoms with Crippen molar-refractivity contribution in [3.8, 4) is 0 Å². The molecule has 0 aliphatic carbocycles. The van der Waals surface area contributed by atoms with E-state index in [1.54, 1.807) is 0 Å². The van der Waals surface area contributed by atoms with Crippen LogP contribution >= 0.6 is 0 Å². The fraction of sp³-hybridized carbons (Fsp3) is 0.889. The maximum Gasteiger partial charge on any atom is 0.293 e. The van der Waals surface area contributed by atoms with E-state index in [0.717, 1.165) is 6.61 Å². The van der Waals surface area contributed by atoms with Gasteiger partial charge >= 0.3 is 0 Å². The Hall–Kier alpha value is -0.610. The summed E-state index contributed by atoms with van der Waals surface area (Å²) in [5.41, 5.74) is -0.424. The summed E-state index contributed by atoms with van der Waals surface area (Å²) in [6.07, 6.45) is 1.01. The highest BCUT2D eigenvalue weighted by Crippen LogP contribution is 2.14. The van der Waals surface area contributed by atoms with Crippen LogP contribution in [0.2, 0.25) is 0 Å². The first-order valence-electron chi connectivity index (χ1n) is 4.45. The van der Waals surface area contributed by atoms with Crippen molar-refractivity contribution in [3.63, 3.8) is 0 Å². The molecule has 0 N–H and O–H groups in total. The van der Waals surface area contributed by atoms with Gasteiger partial charge in [-0.25, -0.2) is 0 Å². The predicted molar refractivity (Wildman–Crippen MR) is 46.4 cm³/mol. The molecule has 1 unspecified atom stereocenters. The van der Waals surface area contributed by atoms with E-state index < -0.39 is 5.60 Å². The van der Waals surface area contributed by atoms with Gasteiger partial charge in [-0.05, 0) is 13.8 Å². The van der Waals surface area contributed by atoms with Crippen LogP contribution in [0.5, 0.6) is 0 Å². The lowest BCUT2D eigenvalue weighted by Crippen LogP contribution is -2.26. The Morgan fingerprint density at radius 3 is 2.85 bits per heavy atom. The highest BCUT2D eigenvalue weighted by atomic mass is 16.6. The molecule has 13 heavy (non-hydrogen) atoms. The molecule has 1 atom stereocenters. The first-order valence-corrected chi connectivity index (χ1v) is 4.45. The summed E-state index contributed by atoms with van der Waals surface area (Å²) in [6, 6.07) is 0. The lowest BCUT2D eigenvalue weighted by atomic mass is 10.1. The first kappa shape index (κ1) is 10.5. The molecule has 0 saturated carbocycles. The Labute approximate surface area is 78.2 Å². The fourth-order valence-corrected chi connectivity index (χ4v) is 0.886. The summed E-state index contributed by atoms with van der Waals surface area (Å²) in [5.74, 6) is 0. The van der Waals surface area contributed by atoms with E-state index in [4.69, 9.17) is 14.2 Å². The summed E-state index contributed by atoms with van der Waals surface area (Å²) in [5, 5.41) is 0. The molecule has 0 aromatic carbocycles. The largest absolute Gasteiger partial charge is 0.462 e. The van der Waals surface area contributed by atoms with Crippen molar-refractivity contribution in [1.29, 1.82) is 0 Å².